The van der Waals surface area contributed by atoms with Crippen molar-refractivity contribution < 1.29 is 13.2 Å². The largest absolute Gasteiger partial charge is 0.497 e. The topological polar surface area (TPSA) is 79.8 Å². The Kier molecular flexibility index (Phi) is 9.55. The normalized spacial score (nSPS) is 19.1. The number of halogens is 1. The maximum Gasteiger partial charge on any atom is 0.191 e. The Labute approximate surface area is 167 Å². The van der Waals surface area contributed by atoms with Crippen molar-refractivity contribution in [2.75, 3.05) is 31.7 Å². The van der Waals surface area contributed by atoms with Crippen LogP contribution >= 0.6 is 24.0 Å². The number of rotatable bonds is 7. The van der Waals surface area contributed by atoms with Crippen LogP contribution in [-0.2, 0) is 16.3 Å². The summed E-state index contributed by atoms with van der Waals surface area (Å²) in [7, 11) is -1.21. The number of guanidine groups is 1. The van der Waals surface area contributed by atoms with E-state index in [9.17, 15) is 8.42 Å². The third kappa shape index (κ3) is 7.81. The molecule has 2 N–H and O–H groups in total. The van der Waals surface area contributed by atoms with Crippen molar-refractivity contribution in [1.29, 1.82) is 0 Å². The zero-order chi connectivity index (χ0) is 17.4. The molecule has 0 spiro atoms. The van der Waals surface area contributed by atoms with E-state index in [0.29, 0.717) is 18.9 Å². The fourth-order valence-corrected chi connectivity index (χ4v) is 4.40. The zero-order valence-corrected chi connectivity index (χ0v) is 18.0. The molecular formula is C17H28IN3O3S. The Morgan fingerprint density at radius 3 is 2.84 bits per heavy atom. The molecule has 1 aliphatic rings. The van der Waals surface area contributed by atoms with Gasteiger partial charge in [-0.2, -0.15) is 0 Å². The fourth-order valence-electron chi connectivity index (χ4n) is 2.72. The predicted molar refractivity (Wildman–Crippen MR) is 113 cm³/mol. The summed E-state index contributed by atoms with van der Waals surface area (Å²) >= 11 is 0. The van der Waals surface area contributed by atoms with Crippen molar-refractivity contribution in [3.05, 3.63) is 29.8 Å². The Bertz CT molecular complexity index is 665. The van der Waals surface area contributed by atoms with Crippen LogP contribution in [0.2, 0.25) is 0 Å². The highest BCUT2D eigenvalue weighted by atomic mass is 127. The van der Waals surface area contributed by atoms with E-state index in [4.69, 9.17) is 4.74 Å². The number of nitrogens with zero attached hydrogens (tertiary/aromatic N) is 1. The molecule has 1 heterocycles. The summed E-state index contributed by atoms with van der Waals surface area (Å²) in [5.74, 6) is 2.03. The number of hydrogen-bond donors (Lipinski definition) is 2. The van der Waals surface area contributed by atoms with Crippen molar-refractivity contribution in [1.82, 2.24) is 10.6 Å². The highest BCUT2D eigenvalue weighted by molar-refractivity contribution is 14.0. The fraction of sp³-hybridized carbons (Fsp3) is 0.588. The van der Waals surface area contributed by atoms with Crippen molar-refractivity contribution in [3.63, 3.8) is 0 Å². The first-order valence-electron chi connectivity index (χ1n) is 8.40. The van der Waals surface area contributed by atoms with E-state index in [1.165, 1.54) is 5.56 Å². The van der Waals surface area contributed by atoms with E-state index in [2.05, 4.69) is 21.7 Å². The molecule has 1 aromatic carbocycles. The molecule has 1 unspecified atom stereocenters. The zero-order valence-electron chi connectivity index (χ0n) is 14.8. The predicted octanol–water partition coefficient (Wildman–Crippen LogP) is 1.99. The second-order valence-electron chi connectivity index (χ2n) is 5.96. The minimum Gasteiger partial charge on any atom is -0.497 e. The molecule has 1 aliphatic heterocycles. The number of nitrogens with one attached hydrogen (secondary N) is 2. The Balaban J connectivity index is 0.00000312. The molecule has 0 bridgehead atoms. The summed E-state index contributed by atoms with van der Waals surface area (Å²) in [5, 5.41) is 6.41. The van der Waals surface area contributed by atoms with Gasteiger partial charge in [0.05, 0.1) is 18.6 Å². The lowest BCUT2D eigenvalue weighted by Crippen LogP contribution is -2.44. The van der Waals surface area contributed by atoms with E-state index in [0.717, 1.165) is 25.1 Å². The lowest BCUT2D eigenvalue weighted by Gasteiger charge is -2.15. The first-order chi connectivity index (χ1) is 11.5. The second-order valence-corrected chi connectivity index (χ2v) is 8.19. The first-order valence-corrected chi connectivity index (χ1v) is 10.2. The molecule has 1 saturated heterocycles. The van der Waals surface area contributed by atoms with Gasteiger partial charge in [-0.05, 0) is 43.9 Å². The monoisotopic (exact) mass is 481 g/mol. The number of aliphatic imine (C=N–C) groups is 1. The van der Waals surface area contributed by atoms with Crippen molar-refractivity contribution in [3.8, 4) is 5.75 Å². The highest BCUT2D eigenvalue weighted by Gasteiger charge is 2.28. The van der Waals surface area contributed by atoms with E-state index in [1.807, 2.05) is 25.1 Å². The number of hydrogen-bond acceptors (Lipinski definition) is 4. The molecule has 2 rings (SSSR count). The number of methoxy groups -OCH3 is 1. The van der Waals surface area contributed by atoms with E-state index in [1.54, 1.807) is 7.11 Å². The molecule has 1 fully saturated rings. The number of benzene rings is 1. The lowest BCUT2D eigenvalue weighted by atomic mass is 10.1. The SMILES string of the molecule is CCNC(=NCCCc1cccc(OC)c1)NC1CCS(=O)(=O)C1.I. The summed E-state index contributed by atoms with van der Waals surface area (Å²) in [4.78, 5) is 4.55. The molecular weight excluding hydrogens is 453 g/mol. The van der Waals surface area contributed by atoms with Crippen LogP contribution in [0.3, 0.4) is 0 Å². The van der Waals surface area contributed by atoms with Gasteiger partial charge >= 0.3 is 0 Å². The van der Waals surface area contributed by atoms with Gasteiger partial charge in [-0.25, -0.2) is 8.42 Å². The van der Waals surface area contributed by atoms with Crippen molar-refractivity contribution in [2.24, 2.45) is 4.99 Å². The van der Waals surface area contributed by atoms with Gasteiger partial charge < -0.3 is 15.4 Å². The number of ether oxygens (including phenoxy) is 1. The molecule has 0 amide bonds. The van der Waals surface area contributed by atoms with Gasteiger partial charge in [0.2, 0.25) is 0 Å². The second kappa shape index (κ2) is 10.8. The van der Waals surface area contributed by atoms with Crippen LogP contribution < -0.4 is 15.4 Å². The van der Waals surface area contributed by atoms with Crippen LogP contribution in [0, 0.1) is 0 Å². The standard InChI is InChI=1S/C17H27N3O3S.HI/c1-3-18-17(20-15-9-11-24(21,22)13-15)19-10-5-7-14-6-4-8-16(12-14)23-2;/h4,6,8,12,15H,3,5,7,9-11,13H2,1-2H3,(H2,18,19,20);1H. The van der Waals surface area contributed by atoms with Gasteiger partial charge in [0, 0.05) is 19.1 Å². The molecule has 1 aromatic rings. The van der Waals surface area contributed by atoms with Gasteiger partial charge in [-0.1, -0.05) is 12.1 Å². The molecule has 25 heavy (non-hydrogen) atoms. The maximum absolute atomic E-state index is 11.5. The summed E-state index contributed by atoms with van der Waals surface area (Å²) in [5.41, 5.74) is 1.23. The van der Waals surface area contributed by atoms with Crippen LogP contribution in [0.1, 0.15) is 25.3 Å². The quantitative estimate of drug-likeness (QED) is 0.270. The minimum absolute atomic E-state index is 0. The van der Waals surface area contributed by atoms with Crippen LogP contribution in [0.15, 0.2) is 29.3 Å². The van der Waals surface area contributed by atoms with E-state index >= 15 is 0 Å². The minimum atomic E-state index is -2.88. The molecule has 0 aliphatic carbocycles. The van der Waals surface area contributed by atoms with Crippen LogP contribution in [0.5, 0.6) is 5.75 Å². The molecule has 8 heteroatoms. The third-order valence-electron chi connectivity index (χ3n) is 3.95. The lowest BCUT2D eigenvalue weighted by molar-refractivity contribution is 0.414. The van der Waals surface area contributed by atoms with Crippen LogP contribution in [0.25, 0.3) is 0 Å². The van der Waals surface area contributed by atoms with Gasteiger partial charge in [0.25, 0.3) is 0 Å². The van der Waals surface area contributed by atoms with E-state index < -0.39 is 9.84 Å². The number of sulfone groups is 1. The Morgan fingerprint density at radius 2 is 2.20 bits per heavy atom. The summed E-state index contributed by atoms with van der Waals surface area (Å²) in [6.07, 6.45) is 2.50. The average molecular weight is 481 g/mol. The maximum atomic E-state index is 11.5. The van der Waals surface area contributed by atoms with Crippen molar-refractivity contribution >= 4 is 39.8 Å². The molecule has 6 nitrogen and oxygen atoms in total. The van der Waals surface area contributed by atoms with Crippen LogP contribution in [0.4, 0.5) is 0 Å². The Hall–Kier alpha value is -1.03. The van der Waals surface area contributed by atoms with Gasteiger partial charge in [-0.15, -0.1) is 24.0 Å². The van der Waals surface area contributed by atoms with Crippen LogP contribution in [-0.4, -0.2) is 52.1 Å². The Morgan fingerprint density at radius 1 is 1.40 bits per heavy atom. The molecule has 0 saturated carbocycles. The molecule has 0 radical (unpaired) electrons. The van der Waals surface area contributed by atoms with Gasteiger partial charge in [0.15, 0.2) is 15.8 Å². The number of aryl methyl sites for hydroxylation is 1. The molecule has 142 valence electrons. The van der Waals surface area contributed by atoms with Gasteiger partial charge in [0.1, 0.15) is 5.75 Å². The summed E-state index contributed by atoms with van der Waals surface area (Å²) < 4.78 is 28.3. The summed E-state index contributed by atoms with van der Waals surface area (Å²) in [6, 6.07) is 8.01. The smallest absolute Gasteiger partial charge is 0.191 e. The third-order valence-corrected chi connectivity index (χ3v) is 5.71. The molecule has 0 aromatic heterocycles. The van der Waals surface area contributed by atoms with Gasteiger partial charge in [-0.3, -0.25) is 4.99 Å². The first kappa shape index (κ1) is 22.0. The van der Waals surface area contributed by atoms with Crippen molar-refractivity contribution in [2.45, 2.75) is 32.2 Å². The summed E-state index contributed by atoms with van der Waals surface area (Å²) in [6.45, 7) is 3.44. The van der Waals surface area contributed by atoms with E-state index in [-0.39, 0.29) is 41.5 Å². The average Bonchev–Trinajstić information content (AvgIpc) is 2.90. The highest BCUT2D eigenvalue weighted by Crippen LogP contribution is 2.14. The molecule has 1 atom stereocenters.